The summed E-state index contributed by atoms with van der Waals surface area (Å²) in [5.41, 5.74) is 0. The van der Waals surface area contributed by atoms with Crippen molar-refractivity contribution in [2.75, 3.05) is 13.1 Å². The van der Waals surface area contributed by atoms with Crippen LogP contribution in [0.5, 0.6) is 0 Å². The lowest BCUT2D eigenvalue weighted by molar-refractivity contribution is -0.0203. The zero-order chi connectivity index (χ0) is 8.55. The van der Waals surface area contributed by atoms with Gasteiger partial charge >= 0.3 is 0 Å². The number of aliphatic hydroxyl groups is 1. The van der Waals surface area contributed by atoms with Crippen LogP contribution in [0.25, 0.3) is 0 Å². The van der Waals surface area contributed by atoms with Crippen molar-refractivity contribution in [2.45, 2.75) is 19.1 Å². The molecular weight excluding hydrogens is 170 g/mol. The van der Waals surface area contributed by atoms with Crippen LogP contribution >= 0.6 is 11.3 Å². The molecule has 1 fully saturated rings. The Morgan fingerprint density at radius 1 is 1.67 bits per heavy atom. The van der Waals surface area contributed by atoms with E-state index in [0.717, 1.165) is 13.1 Å². The molecule has 2 heterocycles. The van der Waals surface area contributed by atoms with Crippen LogP contribution in [0.1, 0.15) is 17.8 Å². The summed E-state index contributed by atoms with van der Waals surface area (Å²) < 4.78 is 0. The van der Waals surface area contributed by atoms with Gasteiger partial charge in [-0.2, -0.15) is 0 Å². The van der Waals surface area contributed by atoms with Crippen LogP contribution in [0.4, 0.5) is 0 Å². The highest BCUT2D eigenvalue weighted by molar-refractivity contribution is 7.10. The zero-order valence-electron chi connectivity index (χ0n) is 7.10. The maximum atomic E-state index is 9.13. The number of aliphatic hydroxyl groups excluding tert-OH is 1. The van der Waals surface area contributed by atoms with Gasteiger partial charge in [-0.05, 0) is 18.4 Å². The molecule has 1 aromatic rings. The minimum atomic E-state index is -0.0904. The van der Waals surface area contributed by atoms with Gasteiger partial charge in [0.1, 0.15) is 0 Å². The Hall–Kier alpha value is -0.380. The minimum Gasteiger partial charge on any atom is -0.390 e. The van der Waals surface area contributed by atoms with E-state index >= 15 is 0 Å². The number of hydrogen-bond donors (Lipinski definition) is 1. The van der Waals surface area contributed by atoms with Crippen LogP contribution in [0.2, 0.25) is 0 Å². The maximum absolute atomic E-state index is 9.13. The van der Waals surface area contributed by atoms with Crippen LogP contribution < -0.4 is 0 Å². The van der Waals surface area contributed by atoms with Crippen molar-refractivity contribution in [3.63, 3.8) is 0 Å². The normalized spacial score (nSPS) is 22.2. The first-order valence-electron chi connectivity index (χ1n) is 4.23. The fraction of sp³-hybridized carbons (Fsp3) is 0.556. The van der Waals surface area contributed by atoms with Crippen LogP contribution in [-0.2, 0) is 0 Å². The standard InChI is InChI=1S/C9H13NOS/c1-7(9-3-2-4-12-9)10-5-8(11)6-10/h2-4,7-8,11H,5-6H2,1H3/t7-/m0/s1. The van der Waals surface area contributed by atoms with Gasteiger partial charge in [0.15, 0.2) is 0 Å². The third-order valence-corrected chi connectivity index (χ3v) is 3.44. The van der Waals surface area contributed by atoms with Gasteiger partial charge in [0.2, 0.25) is 0 Å². The SMILES string of the molecule is C[C@@H](c1cccs1)N1CC(O)C1. The zero-order valence-corrected chi connectivity index (χ0v) is 7.92. The molecule has 0 bridgehead atoms. The van der Waals surface area contributed by atoms with Crippen LogP contribution in [-0.4, -0.2) is 29.2 Å². The van der Waals surface area contributed by atoms with Crippen LogP contribution in [0, 0.1) is 0 Å². The lowest BCUT2D eigenvalue weighted by atomic mass is 10.1. The molecule has 0 aliphatic carbocycles. The first-order chi connectivity index (χ1) is 5.77. The van der Waals surface area contributed by atoms with Gasteiger partial charge in [-0.25, -0.2) is 0 Å². The minimum absolute atomic E-state index is 0.0904. The van der Waals surface area contributed by atoms with E-state index in [2.05, 4.69) is 29.3 Å². The van der Waals surface area contributed by atoms with Gasteiger partial charge in [-0.3, -0.25) is 4.90 Å². The van der Waals surface area contributed by atoms with Gasteiger partial charge in [-0.1, -0.05) is 6.07 Å². The van der Waals surface area contributed by atoms with E-state index in [1.807, 2.05) is 0 Å². The number of rotatable bonds is 2. The third kappa shape index (κ3) is 1.40. The second-order valence-electron chi connectivity index (χ2n) is 3.30. The maximum Gasteiger partial charge on any atom is 0.0794 e. The Morgan fingerprint density at radius 3 is 2.92 bits per heavy atom. The Labute approximate surface area is 76.4 Å². The smallest absolute Gasteiger partial charge is 0.0794 e. The van der Waals surface area contributed by atoms with Crippen LogP contribution in [0.3, 0.4) is 0 Å². The lowest BCUT2D eigenvalue weighted by Gasteiger charge is -2.40. The fourth-order valence-electron chi connectivity index (χ4n) is 1.51. The second kappa shape index (κ2) is 3.17. The Kier molecular flexibility index (Phi) is 2.17. The molecule has 0 aromatic carbocycles. The highest BCUT2D eigenvalue weighted by atomic mass is 32.1. The fourth-order valence-corrected chi connectivity index (χ4v) is 2.33. The van der Waals surface area contributed by atoms with Gasteiger partial charge in [0, 0.05) is 24.0 Å². The second-order valence-corrected chi connectivity index (χ2v) is 4.28. The molecule has 3 heteroatoms. The summed E-state index contributed by atoms with van der Waals surface area (Å²) in [5, 5.41) is 11.2. The predicted molar refractivity (Wildman–Crippen MR) is 50.3 cm³/mol. The number of β-amino-alcohol motifs (C(OH)–C–C–N with tert-alkyl or cyclic N) is 1. The molecule has 2 nitrogen and oxygen atoms in total. The van der Waals surface area contributed by atoms with Crippen molar-refractivity contribution in [2.24, 2.45) is 0 Å². The van der Waals surface area contributed by atoms with Crippen molar-refractivity contribution in [1.82, 2.24) is 4.90 Å². The molecule has 1 saturated heterocycles. The topological polar surface area (TPSA) is 23.5 Å². The van der Waals surface area contributed by atoms with E-state index in [0.29, 0.717) is 6.04 Å². The first-order valence-corrected chi connectivity index (χ1v) is 5.11. The van der Waals surface area contributed by atoms with E-state index < -0.39 is 0 Å². The third-order valence-electron chi connectivity index (χ3n) is 2.39. The highest BCUT2D eigenvalue weighted by Gasteiger charge is 2.29. The Bertz CT molecular complexity index is 241. The van der Waals surface area contributed by atoms with Gasteiger partial charge in [-0.15, -0.1) is 11.3 Å². The van der Waals surface area contributed by atoms with E-state index in [-0.39, 0.29) is 6.10 Å². The molecule has 1 aliphatic heterocycles. The molecule has 0 radical (unpaired) electrons. The predicted octanol–water partition coefficient (Wildman–Crippen LogP) is 1.49. The molecule has 0 amide bonds. The summed E-state index contributed by atoms with van der Waals surface area (Å²) in [6, 6.07) is 4.71. The first kappa shape index (κ1) is 8.23. The van der Waals surface area contributed by atoms with E-state index in [1.54, 1.807) is 11.3 Å². The molecule has 1 aromatic heterocycles. The van der Waals surface area contributed by atoms with Gasteiger partial charge < -0.3 is 5.11 Å². The monoisotopic (exact) mass is 183 g/mol. The molecule has 12 heavy (non-hydrogen) atoms. The molecule has 0 saturated carbocycles. The van der Waals surface area contributed by atoms with Crippen molar-refractivity contribution < 1.29 is 5.11 Å². The van der Waals surface area contributed by atoms with Crippen molar-refractivity contribution in [1.29, 1.82) is 0 Å². The summed E-state index contributed by atoms with van der Waals surface area (Å²) in [6.07, 6.45) is -0.0904. The summed E-state index contributed by atoms with van der Waals surface area (Å²) >= 11 is 1.79. The molecule has 1 aliphatic rings. The van der Waals surface area contributed by atoms with Crippen molar-refractivity contribution in [3.8, 4) is 0 Å². The summed E-state index contributed by atoms with van der Waals surface area (Å²) in [5.74, 6) is 0. The molecule has 66 valence electrons. The molecule has 0 spiro atoms. The van der Waals surface area contributed by atoms with Gasteiger partial charge in [0.05, 0.1) is 6.10 Å². The average Bonchev–Trinajstić information content (AvgIpc) is 2.49. The number of likely N-dealkylation sites (tertiary alicyclic amines) is 1. The number of hydrogen-bond acceptors (Lipinski definition) is 3. The number of nitrogens with zero attached hydrogens (tertiary/aromatic N) is 1. The molecular formula is C9H13NOS. The largest absolute Gasteiger partial charge is 0.390 e. The van der Waals surface area contributed by atoms with Crippen LogP contribution in [0.15, 0.2) is 17.5 Å². The van der Waals surface area contributed by atoms with Gasteiger partial charge in [0.25, 0.3) is 0 Å². The van der Waals surface area contributed by atoms with E-state index in [1.165, 1.54) is 4.88 Å². The van der Waals surface area contributed by atoms with E-state index in [4.69, 9.17) is 5.11 Å². The quantitative estimate of drug-likeness (QED) is 0.751. The highest BCUT2D eigenvalue weighted by Crippen LogP contribution is 2.27. The summed E-state index contributed by atoms with van der Waals surface area (Å²) in [7, 11) is 0. The Morgan fingerprint density at radius 2 is 2.42 bits per heavy atom. The molecule has 1 atom stereocenters. The van der Waals surface area contributed by atoms with Crippen molar-refractivity contribution >= 4 is 11.3 Å². The molecule has 0 unspecified atom stereocenters. The van der Waals surface area contributed by atoms with E-state index in [9.17, 15) is 0 Å². The molecule has 1 N–H and O–H groups in total. The Balaban J connectivity index is 1.97. The van der Waals surface area contributed by atoms with Crippen molar-refractivity contribution in [3.05, 3.63) is 22.4 Å². The lowest BCUT2D eigenvalue weighted by Crippen LogP contribution is -2.51. The number of thiophene rings is 1. The molecule has 2 rings (SSSR count). The summed E-state index contributed by atoms with van der Waals surface area (Å²) in [4.78, 5) is 3.68. The average molecular weight is 183 g/mol. The summed E-state index contributed by atoms with van der Waals surface area (Å²) in [6.45, 7) is 3.86.